The van der Waals surface area contributed by atoms with Crippen LogP contribution < -0.4 is 10.2 Å². The van der Waals surface area contributed by atoms with E-state index in [-0.39, 0.29) is 6.04 Å². The molecular formula is C16H26N2O. The number of anilines is 1. The second-order valence-electron chi connectivity index (χ2n) is 5.42. The van der Waals surface area contributed by atoms with Gasteiger partial charge in [-0.2, -0.15) is 0 Å². The average molecular weight is 262 g/mol. The molecule has 0 spiro atoms. The Morgan fingerprint density at radius 2 is 1.89 bits per heavy atom. The highest BCUT2D eigenvalue weighted by Crippen LogP contribution is 2.30. The second-order valence-corrected chi connectivity index (χ2v) is 5.42. The minimum atomic E-state index is 0.197. The summed E-state index contributed by atoms with van der Waals surface area (Å²) in [5.41, 5.74) is 2.15. The Labute approximate surface area is 116 Å². The molecule has 3 nitrogen and oxygen atoms in total. The Hall–Kier alpha value is -1.22. The lowest BCUT2D eigenvalue weighted by Crippen LogP contribution is -2.24. The van der Waals surface area contributed by atoms with Crippen molar-refractivity contribution in [1.29, 1.82) is 0 Å². The number of benzene rings is 1. The summed E-state index contributed by atoms with van der Waals surface area (Å²) in [6, 6.07) is 6.33. The van der Waals surface area contributed by atoms with E-state index < -0.39 is 0 Å². The Kier molecular flexibility index (Phi) is 5.08. The molecule has 1 saturated heterocycles. The van der Waals surface area contributed by atoms with Gasteiger partial charge in [-0.15, -0.1) is 0 Å². The molecule has 19 heavy (non-hydrogen) atoms. The van der Waals surface area contributed by atoms with Gasteiger partial charge in [0.15, 0.2) is 0 Å². The van der Waals surface area contributed by atoms with Crippen LogP contribution >= 0.6 is 0 Å². The second kappa shape index (κ2) is 6.80. The minimum Gasteiger partial charge on any atom is -0.508 e. The SMILES string of the molecule is CCNC(C)c1ccc(N2CCCCCC2)cc1O. The molecule has 0 bridgehead atoms. The van der Waals surface area contributed by atoms with Gasteiger partial charge in [0.1, 0.15) is 5.75 Å². The van der Waals surface area contributed by atoms with E-state index in [4.69, 9.17) is 0 Å². The van der Waals surface area contributed by atoms with Crippen LogP contribution in [-0.2, 0) is 0 Å². The number of phenolic OH excluding ortho intramolecular Hbond substituents is 1. The van der Waals surface area contributed by atoms with Crippen molar-refractivity contribution in [3.63, 3.8) is 0 Å². The molecule has 1 aliphatic heterocycles. The van der Waals surface area contributed by atoms with Crippen molar-refractivity contribution in [2.45, 2.75) is 45.6 Å². The zero-order valence-corrected chi connectivity index (χ0v) is 12.2. The average Bonchev–Trinajstić information content (AvgIpc) is 2.67. The first-order valence-corrected chi connectivity index (χ1v) is 7.53. The molecule has 1 heterocycles. The van der Waals surface area contributed by atoms with Crippen molar-refractivity contribution in [3.8, 4) is 5.75 Å². The highest BCUT2D eigenvalue weighted by molar-refractivity contribution is 5.54. The maximum Gasteiger partial charge on any atom is 0.122 e. The number of hydrogen-bond donors (Lipinski definition) is 2. The zero-order chi connectivity index (χ0) is 13.7. The Bertz CT molecular complexity index is 398. The molecule has 3 heteroatoms. The Balaban J connectivity index is 2.13. The van der Waals surface area contributed by atoms with Crippen LogP contribution in [0.3, 0.4) is 0 Å². The first-order valence-electron chi connectivity index (χ1n) is 7.53. The summed E-state index contributed by atoms with van der Waals surface area (Å²) in [4.78, 5) is 2.40. The number of hydrogen-bond acceptors (Lipinski definition) is 3. The molecule has 0 radical (unpaired) electrons. The molecular weight excluding hydrogens is 236 g/mol. The highest BCUT2D eigenvalue weighted by Gasteiger charge is 2.14. The van der Waals surface area contributed by atoms with Gasteiger partial charge in [-0.25, -0.2) is 0 Å². The third-order valence-corrected chi connectivity index (χ3v) is 3.96. The first-order chi connectivity index (χ1) is 9.22. The largest absolute Gasteiger partial charge is 0.508 e. The van der Waals surface area contributed by atoms with E-state index in [1.165, 1.54) is 25.7 Å². The molecule has 106 valence electrons. The monoisotopic (exact) mass is 262 g/mol. The van der Waals surface area contributed by atoms with Gasteiger partial charge >= 0.3 is 0 Å². The number of nitrogens with zero attached hydrogens (tertiary/aromatic N) is 1. The predicted molar refractivity (Wildman–Crippen MR) is 80.9 cm³/mol. The fourth-order valence-electron chi connectivity index (χ4n) is 2.84. The molecule has 0 aliphatic carbocycles. The molecule has 1 aromatic carbocycles. The summed E-state index contributed by atoms with van der Waals surface area (Å²) in [7, 11) is 0. The molecule has 1 unspecified atom stereocenters. The minimum absolute atomic E-state index is 0.197. The van der Waals surface area contributed by atoms with E-state index >= 15 is 0 Å². The van der Waals surface area contributed by atoms with Gasteiger partial charge in [0, 0.05) is 36.4 Å². The first kappa shape index (κ1) is 14.2. The van der Waals surface area contributed by atoms with E-state index in [9.17, 15) is 5.11 Å². The lowest BCUT2D eigenvalue weighted by atomic mass is 10.1. The molecule has 1 aromatic rings. The number of rotatable bonds is 4. The third-order valence-electron chi connectivity index (χ3n) is 3.96. The third kappa shape index (κ3) is 3.63. The highest BCUT2D eigenvalue weighted by atomic mass is 16.3. The summed E-state index contributed by atoms with van der Waals surface area (Å²) < 4.78 is 0. The zero-order valence-electron chi connectivity index (χ0n) is 12.2. The fraction of sp³-hybridized carbons (Fsp3) is 0.625. The van der Waals surface area contributed by atoms with Crippen LogP contribution in [-0.4, -0.2) is 24.7 Å². The van der Waals surface area contributed by atoms with Crippen LogP contribution in [0, 0.1) is 0 Å². The molecule has 0 amide bonds. The van der Waals surface area contributed by atoms with Gasteiger partial charge in [0.05, 0.1) is 0 Å². The maximum absolute atomic E-state index is 10.2. The summed E-state index contributed by atoms with van der Waals surface area (Å²) in [6.07, 6.45) is 5.18. The summed E-state index contributed by atoms with van der Waals surface area (Å²) >= 11 is 0. The molecule has 0 saturated carbocycles. The summed E-state index contributed by atoms with van der Waals surface area (Å²) in [5, 5.41) is 13.6. The molecule has 1 aliphatic rings. The fourth-order valence-corrected chi connectivity index (χ4v) is 2.84. The normalized spacial score (nSPS) is 18.1. The predicted octanol–water partition coefficient (Wildman–Crippen LogP) is 3.44. The lowest BCUT2D eigenvalue weighted by molar-refractivity contribution is 0.454. The van der Waals surface area contributed by atoms with Gasteiger partial charge in [-0.3, -0.25) is 0 Å². The van der Waals surface area contributed by atoms with Crippen LogP contribution in [0.4, 0.5) is 5.69 Å². The molecule has 1 atom stereocenters. The smallest absolute Gasteiger partial charge is 0.122 e. The molecule has 2 N–H and O–H groups in total. The van der Waals surface area contributed by atoms with Crippen molar-refractivity contribution < 1.29 is 5.11 Å². The van der Waals surface area contributed by atoms with Crippen molar-refractivity contribution >= 4 is 5.69 Å². The number of phenols is 1. The van der Waals surface area contributed by atoms with Gasteiger partial charge < -0.3 is 15.3 Å². The van der Waals surface area contributed by atoms with E-state index in [1.807, 2.05) is 6.07 Å². The van der Waals surface area contributed by atoms with E-state index in [2.05, 4.69) is 36.2 Å². The lowest BCUT2D eigenvalue weighted by Gasteiger charge is -2.24. The summed E-state index contributed by atoms with van der Waals surface area (Å²) in [6.45, 7) is 7.31. The Morgan fingerprint density at radius 1 is 1.21 bits per heavy atom. The standard InChI is InChI=1S/C16H26N2O/c1-3-17-13(2)15-9-8-14(12-16(15)19)18-10-6-4-5-7-11-18/h8-9,12-13,17,19H,3-7,10-11H2,1-2H3. The van der Waals surface area contributed by atoms with E-state index in [0.717, 1.165) is 30.9 Å². The molecule has 2 rings (SSSR count). The van der Waals surface area contributed by atoms with Crippen LogP contribution in [0.2, 0.25) is 0 Å². The van der Waals surface area contributed by atoms with Crippen LogP contribution in [0.15, 0.2) is 18.2 Å². The van der Waals surface area contributed by atoms with Crippen LogP contribution in [0.25, 0.3) is 0 Å². The van der Waals surface area contributed by atoms with Crippen molar-refractivity contribution in [1.82, 2.24) is 5.32 Å². The number of aromatic hydroxyl groups is 1. The topological polar surface area (TPSA) is 35.5 Å². The van der Waals surface area contributed by atoms with Gasteiger partial charge in [0.25, 0.3) is 0 Å². The Morgan fingerprint density at radius 3 is 2.47 bits per heavy atom. The van der Waals surface area contributed by atoms with Crippen molar-refractivity contribution in [2.75, 3.05) is 24.5 Å². The van der Waals surface area contributed by atoms with Gasteiger partial charge in [-0.05, 0) is 32.4 Å². The quantitative estimate of drug-likeness (QED) is 0.872. The molecule has 0 aromatic heterocycles. The molecule has 1 fully saturated rings. The van der Waals surface area contributed by atoms with Crippen molar-refractivity contribution in [2.24, 2.45) is 0 Å². The van der Waals surface area contributed by atoms with Crippen LogP contribution in [0.5, 0.6) is 5.75 Å². The van der Waals surface area contributed by atoms with Gasteiger partial charge in [-0.1, -0.05) is 25.8 Å². The van der Waals surface area contributed by atoms with Crippen molar-refractivity contribution in [3.05, 3.63) is 23.8 Å². The summed E-state index contributed by atoms with van der Waals surface area (Å²) in [5.74, 6) is 0.412. The van der Waals surface area contributed by atoms with Crippen LogP contribution in [0.1, 0.15) is 51.1 Å². The van der Waals surface area contributed by atoms with E-state index in [0.29, 0.717) is 5.75 Å². The number of nitrogens with one attached hydrogen (secondary N) is 1. The van der Waals surface area contributed by atoms with Gasteiger partial charge in [0.2, 0.25) is 0 Å². The maximum atomic E-state index is 10.2. The van der Waals surface area contributed by atoms with E-state index in [1.54, 1.807) is 0 Å².